The number of rotatable bonds is 7. The van der Waals surface area contributed by atoms with Gasteiger partial charge in [-0.2, -0.15) is 11.8 Å². The maximum Gasteiger partial charge on any atom is 0.220 e. The van der Waals surface area contributed by atoms with Gasteiger partial charge in [0.15, 0.2) is 5.78 Å². The summed E-state index contributed by atoms with van der Waals surface area (Å²) in [5.74, 6) is 2.27. The van der Waals surface area contributed by atoms with Gasteiger partial charge in [-0.05, 0) is 17.7 Å². The normalized spacial score (nSPS) is 14.1. The topological polar surface area (TPSA) is 49.4 Å². The van der Waals surface area contributed by atoms with Gasteiger partial charge in [0, 0.05) is 55.2 Å². The molecule has 0 aliphatic carbocycles. The largest absolute Gasteiger partial charge is 0.370 e. The van der Waals surface area contributed by atoms with Crippen LogP contribution >= 0.6 is 11.8 Å². The van der Waals surface area contributed by atoms with Crippen molar-refractivity contribution in [1.82, 2.24) is 5.32 Å². The van der Waals surface area contributed by atoms with Gasteiger partial charge >= 0.3 is 0 Å². The van der Waals surface area contributed by atoms with E-state index >= 15 is 0 Å². The van der Waals surface area contributed by atoms with E-state index in [1.807, 2.05) is 30.0 Å². The Hall–Kier alpha value is -2.27. The number of hydrogen-bond acceptors (Lipinski definition) is 4. The molecule has 1 saturated heterocycles. The molecular weight excluding hydrogens is 344 g/mol. The monoisotopic (exact) mass is 368 g/mol. The number of Topliss-reactive ketones (excluding diaryl/α,β-unsaturated/α-hetero) is 1. The quantitative estimate of drug-likeness (QED) is 0.760. The number of ketones is 1. The van der Waals surface area contributed by atoms with Crippen molar-refractivity contribution in [3.05, 3.63) is 65.7 Å². The molecule has 4 nitrogen and oxygen atoms in total. The predicted molar refractivity (Wildman–Crippen MR) is 108 cm³/mol. The molecule has 1 N–H and O–H groups in total. The molecule has 0 atom stereocenters. The summed E-state index contributed by atoms with van der Waals surface area (Å²) in [6.07, 6.45) is 0.457. The van der Waals surface area contributed by atoms with Crippen molar-refractivity contribution in [3.8, 4) is 0 Å². The van der Waals surface area contributed by atoms with Gasteiger partial charge in [-0.3, -0.25) is 9.59 Å². The van der Waals surface area contributed by atoms with Crippen LogP contribution in [0.15, 0.2) is 54.6 Å². The Morgan fingerprint density at radius 3 is 2.31 bits per heavy atom. The maximum absolute atomic E-state index is 12.0. The zero-order valence-electron chi connectivity index (χ0n) is 14.8. The van der Waals surface area contributed by atoms with Crippen LogP contribution in [0.3, 0.4) is 0 Å². The molecule has 1 heterocycles. The highest BCUT2D eigenvalue weighted by atomic mass is 32.2. The van der Waals surface area contributed by atoms with E-state index < -0.39 is 0 Å². The van der Waals surface area contributed by atoms with Crippen molar-refractivity contribution in [3.63, 3.8) is 0 Å². The van der Waals surface area contributed by atoms with Crippen LogP contribution in [-0.4, -0.2) is 36.3 Å². The molecule has 0 bridgehead atoms. The van der Waals surface area contributed by atoms with Crippen LogP contribution in [0.4, 0.5) is 5.69 Å². The van der Waals surface area contributed by atoms with Crippen LogP contribution < -0.4 is 10.2 Å². The smallest absolute Gasteiger partial charge is 0.220 e. The summed E-state index contributed by atoms with van der Waals surface area (Å²) >= 11 is 2.00. The molecule has 1 aliphatic rings. The minimum absolute atomic E-state index is 0.00444. The fourth-order valence-electron chi connectivity index (χ4n) is 2.93. The Morgan fingerprint density at radius 1 is 0.923 bits per heavy atom. The Bertz CT molecular complexity index is 725. The number of carbonyl (C=O) groups is 2. The van der Waals surface area contributed by atoms with E-state index in [4.69, 9.17) is 0 Å². The third-order valence-corrected chi connectivity index (χ3v) is 5.42. The second kappa shape index (κ2) is 9.43. The Morgan fingerprint density at radius 2 is 1.62 bits per heavy atom. The van der Waals surface area contributed by atoms with Crippen LogP contribution in [0.25, 0.3) is 0 Å². The van der Waals surface area contributed by atoms with Gasteiger partial charge in [-0.15, -0.1) is 0 Å². The number of benzene rings is 2. The van der Waals surface area contributed by atoms with Gasteiger partial charge < -0.3 is 10.2 Å². The summed E-state index contributed by atoms with van der Waals surface area (Å²) in [7, 11) is 0. The number of nitrogens with zero attached hydrogens (tertiary/aromatic N) is 1. The molecule has 1 aliphatic heterocycles. The van der Waals surface area contributed by atoms with Crippen molar-refractivity contribution >= 4 is 29.1 Å². The second-order valence-corrected chi connectivity index (χ2v) is 7.56. The second-order valence-electron chi connectivity index (χ2n) is 6.33. The minimum Gasteiger partial charge on any atom is -0.370 e. The lowest BCUT2D eigenvalue weighted by Crippen LogP contribution is -2.32. The lowest BCUT2D eigenvalue weighted by molar-refractivity contribution is -0.121. The summed E-state index contributed by atoms with van der Waals surface area (Å²) in [5, 5.41) is 2.90. The first-order chi connectivity index (χ1) is 12.7. The molecule has 3 rings (SSSR count). The molecule has 136 valence electrons. The van der Waals surface area contributed by atoms with Crippen molar-refractivity contribution in [2.24, 2.45) is 0 Å². The summed E-state index contributed by atoms with van der Waals surface area (Å²) in [6, 6.07) is 17.5. The number of carbonyl (C=O) groups excluding carboxylic acids is 2. The highest BCUT2D eigenvalue weighted by Gasteiger charge is 2.11. The molecule has 1 amide bonds. The first kappa shape index (κ1) is 18.5. The number of nitrogens with one attached hydrogen (secondary N) is 1. The van der Waals surface area contributed by atoms with Crippen LogP contribution in [0.5, 0.6) is 0 Å². The Labute approximate surface area is 159 Å². The zero-order chi connectivity index (χ0) is 18.2. The fourth-order valence-corrected chi connectivity index (χ4v) is 3.83. The maximum atomic E-state index is 12.0. The standard InChI is InChI=1S/C21H24N2O2S/c24-20(18-4-2-1-3-5-18)10-11-21(25)22-16-17-6-8-19(9-7-17)23-12-14-26-15-13-23/h1-9H,10-16H2,(H,22,25). The SMILES string of the molecule is O=C(CCC(=O)c1ccccc1)NCc1ccc(N2CCSCC2)cc1. The highest BCUT2D eigenvalue weighted by molar-refractivity contribution is 7.99. The molecular formula is C21H24N2O2S. The molecule has 1 fully saturated rings. The highest BCUT2D eigenvalue weighted by Crippen LogP contribution is 2.19. The molecule has 2 aromatic rings. The van der Waals surface area contributed by atoms with Gasteiger partial charge in [-0.1, -0.05) is 42.5 Å². The summed E-state index contributed by atoms with van der Waals surface area (Å²) in [5.41, 5.74) is 2.98. The summed E-state index contributed by atoms with van der Waals surface area (Å²) in [6.45, 7) is 2.68. The lowest BCUT2D eigenvalue weighted by atomic mass is 10.1. The Balaban J connectivity index is 1.42. The third-order valence-electron chi connectivity index (χ3n) is 4.48. The molecule has 0 saturated carbocycles. The van der Waals surface area contributed by atoms with Gasteiger partial charge in [0.25, 0.3) is 0 Å². The van der Waals surface area contributed by atoms with Crippen LogP contribution in [0.1, 0.15) is 28.8 Å². The van der Waals surface area contributed by atoms with E-state index in [0.29, 0.717) is 12.1 Å². The van der Waals surface area contributed by atoms with Gasteiger partial charge in [0.2, 0.25) is 5.91 Å². The third kappa shape index (κ3) is 5.36. The predicted octanol–water partition coefficient (Wildman–Crippen LogP) is 3.52. The van der Waals surface area contributed by atoms with E-state index in [9.17, 15) is 9.59 Å². The molecule has 0 radical (unpaired) electrons. The van der Waals surface area contributed by atoms with Crippen molar-refractivity contribution in [1.29, 1.82) is 0 Å². The minimum atomic E-state index is -0.0913. The average Bonchev–Trinajstić information content (AvgIpc) is 2.72. The van der Waals surface area contributed by atoms with E-state index in [2.05, 4.69) is 34.5 Å². The van der Waals surface area contributed by atoms with Gasteiger partial charge in [0.1, 0.15) is 0 Å². The zero-order valence-corrected chi connectivity index (χ0v) is 15.6. The molecule has 2 aromatic carbocycles. The van der Waals surface area contributed by atoms with Crippen LogP contribution in [0.2, 0.25) is 0 Å². The summed E-state index contributed by atoms with van der Waals surface area (Å²) < 4.78 is 0. The van der Waals surface area contributed by atoms with Crippen LogP contribution in [-0.2, 0) is 11.3 Å². The van der Waals surface area contributed by atoms with E-state index in [0.717, 1.165) is 18.7 Å². The van der Waals surface area contributed by atoms with Gasteiger partial charge in [-0.25, -0.2) is 0 Å². The average molecular weight is 369 g/mol. The number of thioether (sulfide) groups is 1. The number of hydrogen-bond donors (Lipinski definition) is 1. The molecule has 0 spiro atoms. The van der Waals surface area contributed by atoms with E-state index in [1.54, 1.807) is 12.1 Å². The first-order valence-corrected chi connectivity index (χ1v) is 10.1. The van der Waals surface area contributed by atoms with Crippen molar-refractivity contribution in [2.75, 3.05) is 29.5 Å². The van der Waals surface area contributed by atoms with Gasteiger partial charge in [0.05, 0.1) is 0 Å². The van der Waals surface area contributed by atoms with Crippen LogP contribution in [0, 0.1) is 0 Å². The molecule has 0 aromatic heterocycles. The molecule has 26 heavy (non-hydrogen) atoms. The number of anilines is 1. The molecule has 5 heteroatoms. The number of amides is 1. The van der Waals surface area contributed by atoms with E-state index in [-0.39, 0.29) is 24.5 Å². The lowest BCUT2D eigenvalue weighted by Gasteiger charge is -2.28. The van der Waals surface area contributed by atoms with E-state index in [1.165, 1.54) is 17.2 Å². The summed E-state index contributed by atoms with van der Waals surface area (Å²) in [4.78, 5) is 26.4. The van der Waals surface area contributed by atoms with Crippen molar-refractivity contribution < 1.29 is 9.59 Å². The Kier molecular flexibility index (Phi) is 6.72. The molecule has 0 unspecified atom stereocenters. The fraction of sp³-hybridized carbons (Fsp3) is 0.333. The van der Waals surface area contributed by atoms with Crippen molar-refractivity contribution in [2.45, 2.75) is 19.4 Å². The first-order valence-electron chi connectivity index (χ1n) is 8.99.